The number of carboxylic acid groups (broad SMARTS) is 1. The Balaban J connectivity index is 1.52. The molecule has 25 heavy (non-hydrogen) atoms. The molecule has 6 heteroatoms. The second kappa shape index (κ2) is 7.79. The van der Waals surface area contributed by atoms with Crippen molar-refractivity contribution in [3.05, 3.63) is 59.9 Å². The zero-order chi connectivity index (χ0) is 17.6. The summed E-state index contributed by atoms with van der Waals surface area (Å²) in [7, 11) is 0. The van der Waals surface area contributed by atoms with Gasteiger partial charge in [0.05, 0.1) is 12.2 Å². The van der Waals surface area contributed by atoms with Gasteiger partial charge in [0, 0.05) is 19.3 Å². The molecular formula is C19H20N2O4. The van der Waals surface area contributed by atoms with Crippen molar-refractivity contribution >= 4 is 11.9 Å². The second-order valence-electron chi connectivity index (χ2n) is 6.09. The Bertz CT molecular complexity index is 740. The van der Waals surface area contributed by atoms with E-state index in [1.54, 1.807) is 4.90 Å². The Hall–Kier alpha value is -2.89. The van der Waals surface area contributed by atoms with Gasteiger partial charge in [-0.25, -0.2) is 4.79 Å². The largest absolute Gasteiger partial charge is 0.493 e. The summed E-state index contributed by atoms with van der Waals surface area (Å²) in [5, 5.41) is 9.02. The first kappa shape index (κ1) is 17.0. The van der Waals surface area contributed by atoms with Gasteiger partial charge in [0.1, 0.15) is 11.4 Å². The number of carbonyl (C=O) groups excluding carboxylic acids is 1. The van der Waals surface area contributed by atoms with Crippen LogP contribution in [0.1, 0.15) is 33.7 Å². The monoisotopic (exact) mass is 340 g/mol. The molecule has 1 amide bonds. The fourth-order valence-electron chi connectivity index (χ4n) is 2.88. The van der Waals surface area contributed by atoms with Crippen molar-refractivity contribution in [1.29, 1.82) is 0 Å². The number of benzene rings is 1. The molecule has 2 heterocycles. The zero-order valence-corrected chi connectivity index (χ0v) is 13.8. The number of para-hydroxylation sites is 1. The molecule has 2 aromatic rings. The fraction of sp³-hybridized carbons (Fsp3) is 0.316. The highest BCUT2D eigenvalue weighted by Crippen LogP contribution is 2.20. The number of aromatic nitrogens is 1. The summed E-state index contributed by atoms with van der Waals surface area (Å²) in [5.74, 6) is -0.0167. The highest BCUT2D eigenvalue weighted by molar-refractivity contribution is 5.95. The average molecular weight is 340 g/mol. The Labute approximate surface area is 146 Å². The van der Waals surface area contributed by atoms with E-state index in [-0.39, 0.29) is 17.2 Å². The molecule has 1 saturated heterocycles. The van der Waals surface area contributed by atoms with Crippen molar-refractivity contribution in [1.82, 2.24) is 9.88 Å². The maximum atomic E-state index is 12.5. The van der Waals surface area contributed by atoms with E-state index in [4.69, 9.17) is 9.84 Å². The van der Waals surface area contributed by atoms with E-state index in [2.05, 4.69) is 4.98 Å². The van der Waals surface area contributed by atoms with E-state index in [0.717, 1.165) is 18.6 Å². The minimum Gasteiger partial charge on any atom is -0.493 e. The molecule has 0 unspecified atom stereocenters. The van der Waals surface area contributed by atoms with Crippen molar-refractivity contribution in [3.63, 3.8) is 0 Å². The molecule has 1 aromatic heterocycles. The molecule has 0 atom stereocenters. The molecule has 1 fully saturated rings. The van der Waals surface area contributed by atoms with E-state index in [1.165, 1.54) is 18.3 Å². The van der Waals surface area contributed by atoms with Crippen molar-refractivity contribution in [2.24, 2.45) is 5.92 Å². The number of amides is 1. The van der Waals surface area contributed by atoms with Crippen LogP contribution >= 0.6 is 0 Å². The van der Waals surface area contributed by atoms with Gasteiger partial charge in [-0.2, -0.15) is 0 Å². The lowest BCUT2D eigenvalue weighted by Gasteiger charge is -2.31. The van der Waals surface area contributed by atoms with Crippen LogP contribution in [0.15, 0.2) is 48.7 Å². The second-order valence-corrected chi connectivity index (χ2v) is 6.09. The van der Waals surface area contributed by atoms with Gasteiger partial charge >= 0.3 is 5.97 Å². The predicted octanol–water partition coefficient (Wildman–Crippen LogP) is 2.71. The lowest BCUT2D eigenvalue weighted by Crippen LogP contribution is -2.40. The summed E-state index contributed by atoms with van der Waals surface area (Å²) in [6.45, 7) is 1.89. The standard InChI is InChI=1S/C19H20N2O4/c22-18(17-12-15(19(23)24)6-9-20-17)21-10-7-14(8-11-21)13-25-16-4-2-1-3-5-16/h1-6,9,12,14H,7-8,10-11,13H2,(H,23,24). The number of aromatic carboxylic acids is 1. The van der Waals surface area contributed by atoms with E-state index in [0.29, 0.717) is 25.6 Å². The number of piperidine rings is 1. The van der Waals surface area contributed by atoms with Gasteiger partial charge in [-0.15, -0.1) is 0 Å². The molecule has 3 rings (SSSR count). The third kappa shape index (κ3) is 4.35. The van der Waals surface area contributed by atoms with Gasteiger partial charge in [0.2, 0.25) is 0 Å². The molecule has 6 nitrogen and oxygen atoms in total. The molecule has 0 bridgehead atoms. The quantitative estimate of drug-likeness (QED) is 0.905. The Morgan fingerprint density at radius 1 is 1.16 bits per heavy atom. The number of pyridine rings is 1. The average Bonchev–Trinajstić information content (AvgIpc) is 2.67. The topological polar surface area (TPSA) is 79.7 Å². The summed E-state index contributed by atoms with van der Waals surface area (Å²) < 4.78 is 5.79. The van der Waals surface area contributed by atoms with E-state index in [1.807, 2.05) is 30.3 Å². The molecule has 1 aromatic carbocycles. The van der Waals surface area contributed by atoms with Crippen LogP contribution in [-0.2, 0) is 0 Å². The zero-order valence-electron chi connectivity index (χ0n) is 13.8. The van der Waals surface area contributed by atoms with Crippen LogP contribution in [0.25, 0.3) is 0 Å². The highest BCUT2D eigenvalue weighted by Gasteiger charge is 2.25. The first-order valence-corrected chi connectivity index (χ1v) is 8.30. The van der Waals surface area contributed by atoms with E-state index < -0.39 is 5.97 Å². The Morgan fingerprint density at radius 3 is 2.56 bits per heavy atom. The van der Waals surface area contributed by atoms with Crippen LogP contribution in [-0.4, -0.2) is 46.6 Å². The molecule has 0 aliphatic carbocycles. The minimum absolute atomic E-state index is 0.0736. The maximum Gasteiger partial charge on any atom is 0.335 e. The van der Waals surface area contributed by atoms with E-state index >= 15 is 0 Å². The van der Waals surface area contributed by atoms with Gasteiger partial charge in [-0.1, -0.05) is 18.2 Å². The van der Waals surface area contributed by atoms with Crippen LogP contribution < -0.4 is 4.74 Å². The third-order valence-corrected chi connectivity index (χ3v) is 4.36. The molecule has 1 aliphatic rings. The Morgan fingerprint density at radius 2 is 1.88 bits per heavy atom. The number of ether oxygens (including phenoxy) is 1. The van der Waals surface area contributed by atoms with Crippen LogP contribution in [0.2, 0.25) is 0 Å². The van der Waals surface area contributed by atoms with Crippen LogP contribution in [0.5, 0.6) is 5.75 Å². The van der Waals surface area contributed by atoms with Gasteiger partial charge in [-0.05, 0) is 43.0 Å². The molecular weight excluding hydrogens is 320 g/mol. The number of hydrogen-bond donors (Lipinski definition) is 1. The first-order valence-electron chi connectivity index (χ1n) is 8.30. The molecule has 0 saturated carbocycles. The fourth-order valence-corrected chi connectivity index (χ4v) is 2.88. The van der Waals surface area contributed by atoms with Crippen molar-refractivity contribution < 1.29 is 19.4 Å². The number of hydrogen-bond acceptors (Lipinski definition) is 4. The van der Waals surface area contributed by atoms with Gasteiger partial charge in [0.25, 0.3) is 5.91 Å². The molecule has 1 N–H and O–H groups in total. The molecule has 0 spiro atoms. The number of carboxylic acids is 1. The smallest absolute Gasteiger partial charge is 0.335 e. The lowest BCUT2D eigenvalue weighted by molar-refractivity contribution is 0.0655. The predicted molar refractivity (Wildman–Crippen MR) is 91.8 cm³/mol. The van der Waals surface area contributed by atoms with Gasteiger partial charge in [-0.3, -0.25) is 9.78 Å². The first-order chi connectivity index (χ1) is 12.1. The molecule has 1 aliphatic heterocycles. The van der Waals surface area contributed by atoms with Crippen LogP contribution in [0.4, 0.5) is 0 Å². The van der Waals surface area contributed by atoms with Crippen molar-refractivity contribution in [2.75, 3.05) is 19.7 Å². The van der Waals surface area contributed by atoms with Crippen LogP contribution in [0, 0.1) is 5.92 Å². The lowest BCUT2D eigenvalue weighted by atomic mass is 9.97. The van der Waals surface area contributed by atoms with Crippen molar-refractivity contribution in [2.45, 2.75) is 12.8 Å². The summed E-state index contributed by atoms with van der Waals surface area (Å²) in [5.41, 5.74) is 0.253. The minimum atomic E-state index is -1.06. The molecule has 130 valence electrons. The third-order valence-electron chi connectivity index (χ3n) is 4.36. The van der Waals surface area contributed by atoms with Crippen molar-refractivity contribution in [3.8, 4) is 5.75 Å². The van der Waals surface area contributed by atoms with Gasteiger partial charge in [0.15, 0.2) is 0 Å². The van der Waals surface area contributed by atoms with Gasteiger partial charge < -0.3 is 14.7 Å². The van der Waals surface area contributed by atoms with Crippen LogP contribution in [0.3, 0.4) is 0 Å². The normalized spacial score (nSPS) is 15.0. The number of nitrogens with zero attached hydrogens (tertiary/aromatic N) is 2. The Kier molecular flexibility index (Phi) is 5.28. The number of rotatable bonds is 5. The highest BCUT2D eigenvalue weighted by atomic mass is 16.5. The van der Waals surface area contributed by atoms with E-state index in [9.17, 15) is 9.59 Å². The SMILES string of the molecule is O=C(O)c1ccnc(C(=O)N2CCC(COc3ccccc3)CC2)c1. The summed E-state index contributed by atoms with van der Waals surface area (Å²) >= 11 is 0. The number of carbonyl (C=O) groups is 2. The summed E-state index contributed by atoms with van der Waals surface area (Å²) in [4.78, 5) is 29.3. The molecule has 0 radical (unpaired) electrons. The summed E-state index contributed by atoms with van der Waals surface area (Å²) in [6.07, 6.45) is 3.07. The maximum absolute atomic E-state index is 12.5. The number of likely N-dealkylation sites (tertiary alicyclic amines) is 1. The summed E-state index contributed by atoms with van der Waals surface area (Å²) in [6, 6.07) is 12.4.